The number of carbonyl (C=O) groups excluding carboxylic acids is 1. The molecule has 2 heterocycles. The number of amides is 1. The number of hydrogen-bond donors (Lipinski definition) is 1. The number of rotatable bonds is 5. The quantitative estimate of drug-likeness (QED) is 0.760. The Morgan fingerprint density at radius 2 is 2.09 bits per heavy atom. The highest BCUT2D eigenvalue weighted by atomic mass is 35.5. The minimum Gasteiger partial charge on any atom is -0.467 e. The zero-order valence-electron chi connectivity index (χ0n) is 11.8. The van der Waals surface area contributed by atoms with Gasteiger partial charge in [0, 0.05) is 10.0 Å². The van der Waals surface area contributed by atoms with E-state index in [-0.39, 0.29) is 18.3 Å². The van der Waals surface area contributed by atoms with Crippen molar-refractivity contribution in [1.29, 1.82) is 0 Å². The first-order valence-corrected chi connectivity index (χ1v) is 7.44. The van der Waals surface area contributed by atoms with Gasteiger partial charge in [-0.05, 0) is 29.8 Å². The van der Waals surface area contributed by atoms with Crippen molar-refractivity contribution in [2.75, 3.05) is 0 Å². The van der Waals surface area contributed by atoms with Crippen molar-refractivity contribution in [2.45, 2.75) is 13.0 Å². The van der Waals surface area contributed by atoms with Crippen LogP contribution in [0.2, 0.25) is 10.0 Å². The van der Waals surface area contributed by atoms with E-state index in [1.54, 1.807) is 30.3 Å². The lowest BCUT2D eigenvalue weighted by Crippen LogP contribution is -2.22. The standard InChI is InChI=1S/C15H11Cl2N3O3/c16-10-4-3-9(12(17)7-10)6-13-19-20-15(23-13)14(21)18-8-11-2-1-5-22-11/h1-5,7H,6,8H2,(H,18,21). The summed E-state index contributed by atoms with van der Waals surface area (Å²) in [6, 6.07) is 8.61. The molecule has 2 aromatic heterocycles. The third kappa shape index (κ3) is 3.91. The van der Waals surface area contributed by atoms with Crippen LogP contribution in [0.3, 0.4) is 0 Å². The summed E-state index contributed by atoms with van der Waals surface area (Å²) < 4.78 is 10.5. The fourth-order valence-electron chi connectivity index (χ4n) is 1.90. The summed E-state index contributed by atoms with van der Waals surface area (Å²) in [4.78, 5) is 11.9. The van der Waals surface area contributed by atoms with Gasteiger partial charge in [-0.15, -0.1) is 10.2 Å². The predicted octanol–water partition coefficient (Wildman–Crippen LogP) is 3.49. The van der Waals surface area contributed by atoms with Crippen molar-refractivity contribution >= 4 is 29.1 Å². The molecule has 0 aliphatic heterocycles. The zero-order valence-corrected chi connectivity index (χ0v) is 13.3. The number of carbonyl (C=O) groups is 1. The summed E-state index contributed by atoms with van der Waals surface area (Å²) in [6.45, 7) is 0.243. The van der Waals surface area contributed by atoms with Crippen LogP contribution in [0.5, 0.6) is 0 Å². The lowest BCUT2D eigenvalue weighted by Gasteiger charge is -2.01. The van der Waals surface area contributed by atoms with Gasteiger partial charge in [-0.2, -0.15) is 0 Å². The summed E-state index contributed by atoms with van der Waals surface area (Å²) in [5, 5.41) is 11.2. The molecule has 0 aliphatic carbocycles. The Morgan fingerprint density at radius 1 is 1.22 bits per heavy atom. The van der Waals surface area contributed by atoms with Gasteiger partial charge in [0.2, 0.25) is 5.89 Å². The van der Waals surface area contributed by atoms with Gasteiger partial charge in [0.1, 0.15) is 5.76 Å². The van der Waals surface area contributed by atoms with Crippen LogP contribution in [0.1, 0.15) is 27.9 Å². The summed E-state index contributed by atoms with van der Waals surface area (Å²) in [6.07, 6.45) is 1.84. The topological polar surface area (TPSA) is 81.2 Å². The Bertz CT molecular complexity index is 815. The lowest BCUT2D eigenvalue weighted by atomic mass is 10.1. The molecule has 6 nitrogen and oxygen atoms in total. The van der Waals surface area contributed by atoms with Gasteiger partial charge in [-0.1, -0.05) is 29.3 Å². The summed E-state index contributed by atoms with van der Waals surface area (Å²) >= 11 is 11.9. The maximum atomic E-state index is 11.9. The van der Waals surface area contributed by atoms with Gasteiger partial charge in [-0.25, -0.2) is 0 Å². The SMILES string of the molecule is O=C(NCc1ccco1)c1nnc(Cc2ccc(Cl)cc2Cl)o1. The minimum atomic E-state index is -0.470. The maximum Gasteiger partial charge on any atom is 0.309 e. The van der Waals surface area contributed by atoms with Crippen molar-refractivity contribution in [3.8, 4) is 0 Å². The number of aromatic nitrogens is 2. The van der Waals surface area contributed by atoms with Crippen molar-refractivity contribution in [3.63, 3.8) is 0 Å². The number of halogens is 2. The first-order chi connectivity index (χ1) is 11.1. The molecule has 3 aromatic rings. The lowest BCUT2D eigenvalue weighted by molar-refractivity contribution is 0.0911. The Hall–Kier alpha value is -2.31. The van der Waals surface area contributed by atoms with Crippen LogP contribution in [0.15, 0.2) is 45.4 Å². The fraction of sp³-hybridized carbons (Fsp3) is 0.133. The van der Waals surface area contributed by atoms with Gasteiger partial charge < -0.3 is 14.2 Å². The molecule has 0 saturated carbocycles. The van der Waals surface area contributed by atoms with E-state index in [1.165, 1.54) is 6.26 Å². The molecule has 0 bridgehead atoms. The van der Waals surface area contributed by atoms with Crippen LogP contribution in [-0.4, -0.2) is 16.1 Å². The molecule has 0 saturated heterocycles. The molecule has 118 valence electrons. The average molecular weight is 352 g/mol. The highest BCUT2D eigenvalue weighted by molar-refractivity contribution is 6.35. The van der Waals surface area contributed by atoms with Crippen LogP contribution < -0.4 is 5.32 Å². The van der Waals surface area contributed by atoms with Crippen molar-refractivity contribution in [3.05, 3.63) is 69.7 Å². The van der Waals surface area contributed by atoms with E-state index >= 15 is 0 Å². The monoisotopic (exact) mass is 351 g/mol. The van der Waals surface area contributed by atoms with Crippen LogP contribution in [0.25, 0.3) is 0 Å². The minimum absolute atomic E-state index is 0.114. The Labute approximate surface area is 141 Å². The van der Waals surface area contributed by atoms with E-state index < -0.39 is 5.91 Å². The highest BCUT2D eigenvalue weighted by Crippen LogP contribution is 2.23. The van der Waals surface area contributed by atoms with E-state index in [9.17, 15) is 4.79 Å². The molecule has 1 aromatic carbocycles. The van der Waals surface area contributed by atoms with E-state index in [0.29, 0.717) is 22.2 Å². The molecule has 0 atom stereocenters. The zero-order chi connectivity index (χ0) is 16.2. The predicted molar refractivity (Wildman–Crippen MR) is 83.4 cm³/mol. The van der Waals surface area contributed by atoms with Gasteiger partial charge in [0.25, 0.3) is 0 Å². The van der Waals surface area contributed by atoms with Gasteiger partial charge in [0.05, 0.1) is 19.2 Å². The second-order valence-corrected chi connectivity index (χ2v) is 5.52. The molecule has 0 unspecified atom stereocenters. The number of hydrogen-bond acceptors (Lipinski definition) is 5. The number of benzene rings is 1. The fourth-order valence-corrected chi connectivity index (χ4v) is 2.38. The molecule has 0 aliphatic rings. The first-order valence-electron chi connectivity index (χ1n) is 6.68. The first kappa shape index (κ1) is 15.6. The normalized spacial score (nSPS) is 10.7. The van der Waals surface area contributed by atoms with E-state index in [4.69, 9.17) is 32.0 Å². The number of nitrogens with zero attached hydrogens (tertiary/aromatic N) is 2. The Morgan fingerprint density at radius 3 is 2.83 bits per heavy atom. The molecule has 0 radical (unpaired) electrons. The molecule has 1 N–H and O–H groups in total. The molecule has 3 rings (SSSR count). The van der Waals surface area contributed by atoms with E-state index in [2.05, 4.69) is 15.5 Å². The van der Waals surface area contributed by atoms with E-state index in [1.807, 2.05) is 0 Å². The molecule has 23 heavy (non-hydrogen) atoms. The summed E-state index contributed by atoms with van der Waals surface area (Å²) in [7, 11) is 0. The molecule has 8 heteroatoms. The third-order valence-corrected chi connectivity index (χ3v) is 3.61. The molecular formula is C15H11Cl2N3O3. The van der Waals surface area contributed by atoms with Gasteiger partial charge in [0.15, 0.2) is 0 Å². The number of nitrogens with one attached hydrogen (secondary N) is 1. The highest BCUT2D eigenvalue weighted by Gasteiger charge is 2.16. The summed E-state index contributed by atoms with van der Waals surface area (Å²) in [5.41, 5.74) is 0.780. The largest absolute Gasteiger partial charge is 0.467 e. The van der Waals surface area contributed by atoms with Crippen LogP contribution in [-0.2, 0) is 13.0 Å². The third-order valence-electron chi connectivity index (χ3n) is 3.02. The Kier molecular flexibility index (Phi) is 4.64. The molecule has 0 fully saturated rings. The second kappa shape index (κ2) is 6.85. The maximum absolute atomic E-state index is 11.9. The second-order valence-electron chi connectivity index (χ2n) is 4.68. The van der Waals surface area contributed by atoms with E-state index in [0.717, 1.165) is 5.56 Å². The van der Waals surface area contributed by atoms with Crippen molar-refractivity contribution in [1.82, 2.24) is 15.5 Å². The smallest absolute Gasteiger partial charge is 0.309 e. The Balaban J connectivity index is 1.64. The van der Waals surface area contributed by atoms with Crippen LogP contribution >= 0.6 is 23.2 Å². The molecule has 0 spiro atoms. The van der Waals surface area contributed by atoms with Gasteiger partial charge in [-0.3, -0.25) is 4.79 Å². The summed E-state index contributed by atoms with van der Waals surface area (Å²) in [5.74, 6) is 0.336. The number of furan rings is 1. The van der Waals surface area contributed by atoms with Crippen LogP contribution in [0.4, 0.5) is 0 Å². The van der Waals surface area contributed by atoms with Gasteiger partial charge >= 0.3 is 11.8 Å². The molecular weight excluding hydrogens is 341 g/mol. The average Bonchev–Trinajstić information content (AvgIpc) is 3.19. The van der Waals surface area contributed by atoms with Crippen molar-refractivity contribution in [2.24, 2.45) is 0 Å². The van der Waals surface area contributed by atoms with Crippen LogP contribution in [0, 0.1) is 0 Å². The van der Waals surface area contributed by atoms with Crippen molar-refractivity contribution < 1.29 is 13.6 Å². The molecule has 1 amide bonds.